The van der Waals surface area contributed by atoms with Crippen LogP contribution in [0, 0.1) is 19.8 Å². The van der Waals surface area contributed by atoms with Crippen molar-refractivity contribution >= 4 is 25.0 Å². The van der Waals surface area contributed by atoms with Gasteiger partial charge in [0.15, 0.2) is 0 Å². The fraction of sp³-hybridized carbons (Fsp3) is 0.567. The van der Waals surface area contributed by atoms with Gasteiger partial charge < -0.3 is 24.5 Å². The van der Waals surface area contributed by atoms with Gasteiger partial charge >= 0.3 is 0 Å². The van der Waals surface area contributed by atoms with Gasteiger partial charge in [-0.2, -0.15) is 0 Å². The number of hydrogen-bond acceptors (Lipinski definition) is 6. The maximum absolute atomic E-state index is 13.7. The molecule has 2 fully saturated rings. The first-order valence-corrected chi connectivity index (χ1v) is 18.0. The molecule has 1 amide bonds. The lowest BCUT2D eigenvalue weighted by Gasteiger charge is -2.17. The number of nitrogens with one attached hydrogen (secondary N) is 1. The van der Waals surface area contributed by atoms with Crippen molar-refractivity contribution in [3.05, 3.63) is 41.3 Å². The Kier molecular flexibility index (Phi) is 8.12. The van der Waals surface area contributed by atoms with E-state index in [9.17, 15) is 9.90 Å². The van der Waals surface area contributed by atoms with E-state index in [0.29, 0.717) is 43.4 Å². The normalized spacial score (nSPS) is 19.5. The van der Waals surface area contributed by atoms with Crippen molar-refractivity contribution in [2.75, 3.05) is 13.2 Å². The molecule has 2 saturated carbocycles. The van der Waals surface area contributed by atoms with E-state index in [1.807, 2.05) is 17.6 Å². The molecule has 9 heteroatoms. The molecule has 39 heavy (non-hydrogen) atoms. The molecule has 2 aromatic heterocycles. The lowest BCUT2D eigenvalue weighted by molar-refractivity contribution is 0.0856. The maximum atomic E-state index is 13.7. The van der Waals surface area contributed by atoms with Crippen molar-refractivity contribution in [2.45, 2.75) is 90.5 Å². The highest BCUT2D eigenvalue weighted by molar-refractivity contribution is 6.76. The number of fused-ring (bicyclic) bond motifs is 1. The van der Waals surface area contributed by atoms with Crippen LogP contribution in [0.2, 0.25) is 25.7 Å². The van der Waals surface area contributed by atoms with Crippen LogP contribution < -0.4 is 10.1 Å². The number of rotatable bonds is 11. The minimum absolute atomic E-state index is 0.219. The largest absolute Gasteiger partial charge is 0.493 e. The Labute approximate surface area is 232 Å². The SMILES string of the molecule is Cc1ccc(OCC2CC2)c(-c2ncnc3c(C(=O)NC4CCCC4O)c(C)n(COCC[Si](C)(C)C)c23)c1. The molecule has 2 N–H and O–H groups in total. The van der Waals surface area contributed by atoms with E-state index in [-0.39, 0.29) is 11.9 Å². The quantitative estimate of drug-likeness (QED) is 0.243. The van der Waals surface area contributed by atoms with Gasteiger partial charge in [0.25, 0.3) is 5.91 Å². The van der Waals surface area contributed by atoms with Crippen molar-refractivity contribution in [2.24, 2.45) is 5.92 Å². The highest BCUT2D eigenvalue weighted by atomic mass is 28.3. The highest BCUT2D eigenvalue weighted by Gasteiger charge is 2.31. The third kappa shape index (κ3) is 6.36. The lowest BCUT2D eigenvalue weighted by Crippen LogP contribution is -2.40. The zero-order valence-electron chi connectivity index (χ0n) is 23.9. The maximum Gasteiger partial charge on any atom is 0.255 e. The minimum Gasteiger partial charge on any atom is -0.493 e. The number of carbonyl (C=O) groups excluding carboxylic acids is 1. The average molecular weight is 551 g/mol. The molecule has 2 heterocycles. The number of ether oxygens (including phenoxy) is 2. The number of aliphatic hydroxyl groups is 1. The van der Waals surface area contributed by atoms with E-state index in [4.69, 9.17) is 14.5 Å². The second kappa shape index (κ2) is 11.4. The summed E-state index contributed by atoms with van der Waals surface area (Å²) in [4.78, 5) is 23.0. The van der Waals surface area contributed by atoms with E-state index >= 15 is 0 Å². The number of benzene rings is 1. The molecular weight excluding hydrogens is 508 g/mol. The fourth-order valence-electron chi connectivity index (χ4n) is 5.25. The summed E-state index contributed by atoms with van der Waals surface area (Å²) in [6, 6.07) is 6.97. The van der Waals surface area contributed by atoms with Crippen LogP contribution in [0.1, 0.15) is 53.7 Å². The van der Waals surface area contributed by atoms with Crippen LogP contribution in [-0.4, -0.2) is 59.0 Å². The molecule has 0 radical (unpaired) electrons. The molecular formula is C30H42N4O4Si. The van der Waals surface area contributed by atoms with Gasteiger partial charge in [-0.25, -0.2) is 9.97 Å². The number of aromatic nitrogens is 3. The summed E-state index contributed by atoms with van der Waals surface area (Å²) >= 11 is 0. The molecule has 210 valence electrons. The monoisotopic (exact) mass is 550 g/mol. The molecule has 2 atom stereocenters. The third-order valence-corrected chi connectivity index (χ3v) is 9.60. The molecule has 1 aromatic carbocycles. The number of aryl methyl sites for hydroxylation is 1. The van der Waals surface area contributed by atoms with Gasteiger partial charge in [0, 0.05) is 25.9 Å². The molecule has 0 bridgehead atoms. The number of hydrogen-bond donors (Lipinski definition) is 2. The number of aliphatic hydroxyl groups excluding tert-OH is 1. The first-order valence-electron chi connectivity index (χ1n) is 14.3. The molecule has 2 aliphatic carbocycles. The van der Waals surface area contributed by atoms with Crippen molar-refractivity contribution in [1.29, 1.82) is 0 Å². The number of amides is 1. The topological polar surface area (TPSA) is 98.5 Å². The van der Waals surface area contributed by atoms with Gasteiger partial charge in [-0.1, -0.05) is 31.3 Å². The summed E-state index contributed by atoms with van der Waals surface area (Å²) in [5.74, 6) is 1.19. The van der Waals surface area contributed by atoms with Gasteiger partial charge in [-0.05, 0) is 70.0 Å². The Bertz CT molecular complexity index is 1340. The Balaban J connectivity index is 1.58. The Morgan fingerprint density at radius 2 is 1.95 bits per heavy atom. The van der Waals surface area contributed by atoms with Gasteiger partial charge in [0.1, 0.15) is 30.0 Å². The summed E-state index contributed by atoms with van der Waals surface area (Å²) in [6.07, 6.45) is 5.82. The van der Waals surface area contributed by atoms with Crippen molar-refractivity contribution in [3.63, 3.8) is 0 Å². The van der Waals surface area contributed by atoms with Crippen LogP contribution in [0.25, 0.3) is 22.3 Å². The van der Waals surface area contributed by atoms with Gasteiger partial charge in [-0.3, -0.25) is 4.79 Å². The number of nitrogens with zero attached hydrogens (tertiary/aromatic N) is 3. The van der Waals surface area contributed by atoms with E-state index in [2.05, 4.69) is 49.0 Å². The van der Waals surface area contributed by atoms with Crippen molar-refractivity contribution < 1.29 is 19.4 Å². The van der Waals surface area contributed by atoms with E-state index in [0.717, 1.165) is 52.7 Å². The van der Waals surface area contributed by atoms with Crippen molar-refractivity contribution in [1.82, 2.24) is 19.9 Å². The van der Waals surface area contributed by atoms with Crippen LogP contribution in [0.3, 0.4) is 0 Å². The lowest BCUT2D eigenvalue weighted by atomic mass is 10.1. The molecule has 0 spiro atoms. The smallest absolute Gasteiger partial charge is 0.255 e. The Morgan fingerprint density at radius 3 is 2.64 bits per heavy atom. The van der Waals surface area contributed by atoms with Gasteiger partial charge in [-0.15, -0.1) is 0 Å². The van der Waals surface area contributed by atoms with E-state index in [1.54, 1.807) is 0 Å². The third-order valence-electron chi connectivity index (χ3n) is 7.90. The minimum atomic E-state index is -1.26. The predicted octanol–water partition coefficient (Wildman–Crippen LogP) is 5.46. The average Bonchev–Trinajstić information content (AvgIpc) is 3.56. The Hall–Kier alpha value is -2.75. The summed E-state index contributed by atoms with van der Waals surface area (Å²) in [6.45, 7) is 12.7. The second-order valence-electron chi connectivity index (χ2n) is 12.5. The van der Waals surface area contributed by atoms with E-state index < -0.39 is 14.2 Å². The summed E-state index contributed by atoms with van der Waals surface area (Å²) in [5, 5.41) is 13.4. The van der Waals surface area contributed by atoms with Crippen LogP contribution in [0.15, 0.2) is 24.5 Å². The van der Waals surface area contributed by atoms with Gasteiger partial charge in [0.05, 0.1) is 29.8 Å². The zero-order chi connectivity index (χ0) is 27.7. The van der Waals surface area contributed by atoms with Crippen LogP contribution >= 0.6 is 0 Å². The molecule has 5 rings (SSSR count). The van der Waals surface area contributed by atoms with E-state index in [1.165, 1.54) is 19.2 Å². The second-order valence-corrected chi connectivity index (χ2v) is 18.1. The van der Waals surface area contributed by atoms with Crippen molar-refractivity contribution in [3.8, 4) is 17.0 Å². The predicted molar refractivity (Wildman–Crippen MR) is 156 cm³/mol. The fourth-order valence-corrected chi connectivity index (χ4v) is 6.01. The Morgan fingerprint density at radius 1 is 1.15 bits per heavy atom. The zero-order valence-corrected chi connectivity index (χ0v) is 24.9. The molecule has 0 saturated heterocycles. The highest BCUT2D eigenvalue weighted by Crippen LogP contribution is 2.38. The van der Waals surface area contributed by atoms with Crippen LogP contribution in [0.4, 0.5) is 0 Å². The standard InChI is InChI=1S/C30H42N4O4Si/c1-19-9-12-25(38-16-21-10-11-21)22(15-19)27-29-28(32-17-31-27)26(30(36)33-23-7-6-8-24(23)35)20(2)34(29)18-37-13-14-39(3,4)5/h9,12,15,17,21,23-24,35H,6-8,10-11,13-14,16,18H2,1-5H3,(H,33,36). The summed E-state index contributed by atoms with van der Waals surface area (Å²) in [5.41, 5.74) is 5.36. The molecule has 8 nitrogen and oxygen atoms in total. The first-order chi connectivity index (χ1) is 18.6. The van der Waals surface area contributed by atoms with Crippen LogP contribution in [0.5, 0.6) is 5.75 Å². The summed E-state index contributed by atoms with van der Waals surface area (Å²) < 4.78 is 14.5. The summed E-state index contributed by atoms with van der Waals surface area (Å²) in [7, 11) is -1.26. The number of carbonyl (C=O) groups is 1. The van der Waals surface area contributed by atoms with Crippen LogP contribution in [-0.2, 0) is 11.5 Å². The first kappa shape index (κ1) is 27.8. The molecule has 2 aliphatic rings. The molecule has 2 unspecified atom stereocenters. The van der Waals surface area contributed by atoms with Gasteiger partial charge in [0.2, 0.25) is 0 Å². The molecule has 3 aromatic rings. The molecule has 0 aliphatic heterocycles.